The molecule has 2 aromatic carbocycles. The van der Waals surface area contributed by atoms with E-state index in [0.29, 0.717) is 29.6 Å². The van der Waals surface area contributed by atoms with Gasteiger partial charge in [-0.25, -0.2) is 4.68 Å². The molecule has 5 rings (SSSR count). The van der Waals surface area contributed by atoms with Crippen molar-refractivity contribution >= 4 is 33.2 Å². The Morgan fingerprint density at radius 1 is 1.10 bits per heavy atom. The van der Waals surface area contributed by atoms with Crippen molar-refractivity contribution in [1.29, 1.82) is 0 Å². The van der Waals surface area contributed by atoms with Gasteiger partial charge in [0.2, 0.25) is 0 Å². The number of aromatic nitrogens is 3. The minimum atomic E-state index is -0.356. The minimum absolute atomic E-state index is 0.00592. The lowest BCUT2D eigenvalue weighted by Gasteiger charge is -2.37. The Balaban J connectivity index is 1.27. The minimum Gasteiger partial charge on any atom is -0.365 e. The van der Waals surface area contributed by atoms with E-state index in [2.05, 4.69) is 77.0 Å². The molecular weight excluding hydrogens is 584 g/mol. The van der Waals surface area contributed by atoms with Crippen LogP contribution in [0.5, 0.6) is 0 Å². The Kier molecular flexibility index (Phi) is 8.50. The van der Waals surface area contributed by atoms with E-state index in [4.69, 9.17) is 0 Å². The van der Waals surface area contributed by atoms with Crippen molar-refractivity contribution in [2.45, 2.75) is 71.9 Å². The summed E-state index contributed by atoms with van der Waals surface area (Å²) in [5.41, 5.74) is 4.26. The number of hydrogen-bond donors (Lipinski definition) is 0. The first-order valence-electron chi connectivity index (χ1n) is 14.5. The Morgan fingerprint density at radius 3 is 2.49 bits per heavy atom. The van der Waals surface area contributed by atoms with Gasteiger partial charge in [0.25, 0.3) is 11.6 Å². The number of anilines is 1. The van der Waals surface area contributed by atoms with E-state index in [1.807, 2.05) is 22.7 Å². The highest BCUT2D eigenvalue weighted by molar-refractivity contribution is 9.10. The van der Waals surface area contributed by atoms with Crippen LogP contribution in [0.2, 0.25) is 0 Å². The molecule has 2 fully saturated rings. The van der Waals surface area contributed by atoms with Crippen molar-refractivity contribution in [3.63, 3.8) is 0 Å². The number of benzene rings is 2. The second-order valence-corrected chi connectivity index (χ2v) is 13.0. The number of piperidine rings is 2. The molecule has 0 N–H and O–H groups in total. The smallest absolute Gasteiger partial charge is 0.293 e. The van der Waals surface area contributed by atoms with Gasteiger partial charge in [-0.15, -0.1) is 5.10 Å². The summed E-state index contributed by atoms with van der Waals surface area (Å²) >= 11 is 3.56. The molecule has 0 aliphatic carbocycles. The molecule has 4 unspecified atom stereocenters. The Bertz CT molecular complexity index is 1430. The largest absolute Gasteiger partial charge is 0.365 e. The number of likely N-dealkylation sites (tertiary alicyclic amines) is 1. The molecule has 5 atom stereocenters. The van der Waals surface area contributed by atoms with E-state index in [9.17, 15) is 14.9 Å². The zero-order chi connectivity index (χ0) is 29.4. The predicted molar refractivity (Wildman–Crippen MR) is 163 cm³/mol. The zero-order valence-corrected chi connectivity index (χ0v) is 26.0. The average molecular weight is 624 g/mol. The molecule has 0 spiro atoms. The van der Waals surface area contributed by atoms with Gasteiger partial charge < -0.3 is 9.80 Å². The van der Waals surface area contributed by atoms with Crippen LogP contribution < -0.4 is 4.90 Å². The summed E-state index contributed by atoms with van der Waals surface area (Å²) in [5.74, 6) is 0.975. The van der Waals surface area contributed by atoms with Gasteiger partial charge in [0.05, 0.1) is 16.7 Å². The molecule has 0 radical (unpaired) electrons. The average Bonchev–Trinajstić information content (AvgIpc) is 3.43. The number of rotatable bonds is 6. The topological polar surface area (TPSA) is 97.4 Å². The van der Waals surface area contributed by atoms with Crippen molar-refractivity contribution in [3.8, 4) is 0 Å². The summed E-state index contributed by atoms with van der Waals surface area (Å²) in [6.45, 7) is 12.7. The summed E-state index contributed by atoms with van der Waals surface area (Å²) in [7, 11) is 0. The van der Waals surface area contributed by atoms with Crippen LogP contribution in [-0.2, 0) is 0 Å². The fraction of sp³-hybridized carbons (Fsp3) is 0.516. The highest BCUT2D eigenvalue weighted by Crippen LogP contribution is 2.36. The van der Waals surface area contributed by atoms with Crippen molar-refractivity contribution in [1.82, 2.24) is 19.9 Å². The molecule has 0 saturated carbocycles. The van der Waals surface area contributed by atoms with Gasteiger partial charge in [-0.1, -0.05) is 47.1 Å². The monoisotopic (exact) mass is 622 g/mol. The number of halogens is 1. The van der Waals surface area contributed by atoms with Crippen molar-refractivity contribution in [2.75, 3.05) is 24.5 Å². The van der Waals surface area contributed by atoms with Crippen LogP contribution in [0.3, 0.4) is 0 Å². The first-order chi connectivity index (χ1) is 19.5. The maximum Gasteiger partial charge on any atom is 0.293 e. The highest BCUT2D eigenvalue weighted by Gasteiger charge is 2.33. The number of hydrogen-bond acceptors (Lipinski definition) is 6. The van der Waals surface area contributed by atoms with Gasteiger partial charge in [0.15, 0.2) is 0 Å². The number of nitrogens with zero attached hydrogens (tertiary/aromatic N) is 6. The maximum atomic E-state index is 13.6. The van der Waals surface area contributed by atoms with E-state index in [0.717, 1.165) is 42.5 Å². The van der Waals surface area contributed by atoms with Gasteiger partial charge >= 0.3 is 0 Å². The van der Waals surface area contributed by atoms with Gasteiger partial charge in [-0.2, -0.15) is 0 Å². The summed E-state index contributed by atoms with van der Waals surface area (Å²) in [5, 5.41) is 21.0. The van der Waals surface area contributed by atoms with Crippen LogP contribution in [0.15, 0.2) is 47.1 Å². The summed E-state index contributed by atoms with van der Waals surface area (Å²) < 4.78 is 2.99. The van der Waals surface area contributed by atoms with Crippen LogP contribution in [0.4, 0.5) is 11.4 Å². The normalized spacial score (nSPS) is 23.9. The highest BCUT2D eigenvalue weighted by atomic mass is 79.9. The molecule has 9 nitrogen and oxygen atoms in total. The van der Waals surface area contributed by atoms with Crippen LogP contribution in [0, 0.1) is 28.9 Å². The molecule has 3 heterocycles. The molecule has 3 aromatic rings. The zero-order valence-electron chi connectivity index (χ0n) is 24.5. The fourth-order valence-electron chi connectivity index (χ4n) is 6.59. The lowest BCUT2D eigenvalue weighted by atomic mass is 9.89. The number of carbonyl (C=O) groups excluding carboxylic acids is 1. The Hall–Kier alpha value is -3.27. The van der Waals surface area contributed by atoms with Crippen LogP contribution in [0.25, 0.3) is 0 Å². The number of nitro benzene ring substituents is 1. The van der Waals surface area contributed by atoms with Gasteiger partial charge in [-0.3, -0.25) is 14.9 Å². The lowest BCUT2D eigenvalue weighted by Crippen LogP contribution is -2.44. The molecule has 2 aliphatic heterocycles. The second-order valence-electron chi connectivity index (χ2n) is 12.2. The number of aryl methyl sites for hydroxylation is 1. The Morgan fingerprint density at radius 2 is 1.83 bits per heavy atom. The number of amides is 1. The van der Waals surface area contributed by atoms with E-state index in [1.54, 1.807) is 12.1 Å². The van der Waals surface area contributed by atoms with Crippen LogP contribution in [0.1, 0.15) is 86.1 Å². The molecule has 2 aliphatic rings. The van der Waals surface area contributed by atoms with E-state index in [1.165, 1.54) is 17.2 Å². The SMILES string of the molecule is Cc1cc([C@@H](C)n2cc(C3CCN(C(=O)c4ccc(N5CC(C)CC(C)C5)c([N+](=O)[O-])c4)C(C)C3)nn2)ccc1Br. The molecule has 1 aromatic heterocycles. The third kappa shape index (κ3) is 6.17. The van der Waals surface area contributed by atoms with Gasteiger partial charge in [-0.05, 0) is 81.2 Å². The second kappa shape index (κ2) is 11.9. The third-order valence-corrected chi connectivity index (χ3v) is 9.66. The maximum absolute atomic E-state index is 13.6. The Labute approximate surface area is 250 Å². The lowest BCUT2D eigenvalue weighted by molar-refractivity contribution is -0.384. The molecule has 1 amide bonds. The molecular formula is C31H39BrN6O3. The van der Waals surface area contributed by atoms with E-state index >= 15 is 0 Å². The van der Waals surface area contributed by atoms with E-state index in [-0.39, 0.29) is 34.5 Å². The summed E-state index contributed by atoms with van der Waals surface area (Å²) in [4.78, 5) is 29.2. The van der Waals surface area contributed by atoms with E-state index < -0.39 is 0 Å². The molecule has 0 bridgehead atoms. The third-order valence-electron chi connectivity index (χ3n) is 8.77. The molecule has 218 valence electrons. The van der Waals surface area contributed by atoms with Crippen LogP contribution >= 0.6 is 15.9 Å². The molecule has 10 heteroatoms. The number of nitro groups is 1. The van der Waals surface area contributed by atoms with Crippen molar-refractivity contribution in [3.05, 3.63) is 79.6 Å². The molecule has 41 heavy (non-hydrogen) atoms. The first-order valence-corrected chi connectivity index (χ1v) is 15.3. The van der Waals surface area contributed by atoms with Crippen molar-refractivity contribution in [2.24, 2.45) is 11.8 Å². The fourth-order valence-corrected chi connectivity index (χ4v) is 6.83. The van der Waals surface area contributed by atoms with Gasteiger partial charge in [0, 0.05) is 53.9 Å². The first kappa shape index (κ1) is 29.2. The van der Waals surface area contributed by atoms with Crippen LogP contribution in [-0.4, -0.2) is 56.4 Å². The predicted octanol–water partition coefficient (Wildman–Crippen LogP) is 6.76. The summed E-state index contributed by atoms with van der Waals surface area (Å²) in [6, 6.07) is 11.3. The van der Waals surface area contributed by atoms with Crippen molar-refractivity contribution < 1.29 is 9.72 Å². The standard InChI is InChI=1S/C31H39BrN6O3/c1-19-12-20(2)17-35(16-19)29-9-7-26(15-30(29)38(40)41)31(39)36-11-10-25(14-22(36)4)28-18-37(34-33-28)23(5)24-6-8-27(32)21(3)13-24/h6-9,13,15,18-20,22-23,25H,10-12,14,16-17H2,1-5H3/t19?,20?,22?,23-,25?/m1/s1. The van der Waals surface area contributed by atoms with Gasteiger partial charge in [0.1, 0.15) is 5.69 Å². The number of carbonyl (C=O) groups is 1. The molecule has 2 saturated heterocycles. The summed E-state index contributed by atoms with van der Waals surface area (Å²) in [6.07, 6.45) is 4.68. The quantitative estimate of drug-likeness (QED) is 0.223.